The van der Waals surface area contributed by atoms with E-state index in [1.807, 2.05) is 31.2 Å². The highest BCUT2D eigenvalue weighted by Gasteiger charge is 2.42. The van der Waals surface area contributed by atoms with E-state index in [0.717, 1.165) is 54.0 Å². The summed E-state index contributed by atoms with van der Waals surface area (Å²) in [6.45, 7) is 2.42. The predicted octanol–water partition coefficient (Wildman–Crippen LogP) is 5.23. The maximum Gasteiger partial charge on any atom is 0.513 e. The molecule has 4 rings (SSSR count). The SMILES string of the molecule is CCCCOC(=O)Oc1c2c(c(O)c3ccccc13)C1CCC2C1. The number of carbonyl (C=O) groups excluding carboxylic acids is 1. The van der Waals surface area contributed by atoms with Crippen molar-refractivity contribution in [1.82, 2.24) is 0 Å². The largest absolute Gasteiger partial charge is 0.513 e. The number of phenols is 1. The Morgan fingerprint density at radius 1 is 1.17 bits per heavy atom. The van der Waals surface area contributed by atoms with Crippen LogP contribution >= 0.6 is 0 Å². The van der Waals surface area contributed by atoms with Crippen LogP contribution in [0, 0.1) is 0 Å². The van der Waals surface area contributed by atoms with Gasteiger partial charge in [-0.3, -0.25) is 0 Å². The number of carbonyl (C=O) groups is 1. The van der Waals surface area contributed by atoms with Gasteiger partial charge in [0.1, 0.15) is 11.5 Å². The highest BCUT2D eigenvalue weighted by Crippen LogP contribution is 2.60. The van der Waals surface area contributed by atoms with E-state index in [1.165, 1.54) is 0 Å². The van der Waals surface area contributed by atoms with Gasteiger partial charge in [0.05, 0.1) is 6.61 Å². The lowest BCUT2D eigenvalue weighted by Crippen LogP contribution is -2.14. The van der Waals surface area contributed by atoms with E-state index in [9.17, 15) is 9.90 Å². The fourth-order valence-corrected chi connectivity index (χ4v) is 4.27. The third-order valence-electron chi connectivity index (χ3n) is 5.37. The Kier molecular flexibility index (Phi) is 3.83. The van der Waals surface area contributed by atoms with Crippen LogP contribution in [0.15, 0.2) is 24.3 Å². The second kappa shape index (κ2) is 6.00. The molecule has 0 amide bonds. The highest BCUT2D eigenvalue weighted by molar-refractivity contribution is 5.97. The summed E-state index contributed by atoms with van der Waals surface area (Å²) in [5.41, 5.74) is 2.01. The molecule has 1 fully saturated rings. The molecule has 2 bridgehead atoms. The minimum Gasteiger partial charge on any atom is -0.507 e. The van der Waals surface area contributed by atoms with Gasteiger partial charge in [-0.15, -0.1) is 0 Å². The Labute approximate surface area is 141 Å². The number of unbranched alkanes of at least 4 members (excludes halogenated alkanes) is 1. The Balaban J connectivity index is 1.78. The molecule has 0 radical (unpaired) electrons. The van der Waals surface area contributed by atoms with E-state index < -0.39 is 6.16 Å². The number of fused-ring (bicyclic) bond motifs is 6. The van der Waals surface area contributed by atoms with E-state index in [1.54, 1.807) is 0 Å². The Morgan fingerprint density at radius 2 is 1.88 bits per heavy atom. The molecular formula is C20H22O4. The molecule has 0 aliphatic heterocycles. The Morgan fingerprint density at radius 3 is 2.62 bits per heavy atom. The number of aromatic hydroxyl groups is 1. The molecule has 2 aromatic carbocycles. The fourth-order valence-electron chi connectivity index (χ4n) is 4.27. The van der Waals surface area contributed by atoms with Crippen LogP contribution in [0.1, 0.15) is 62.0 Å². The number of hydrogen-bond acceptors (Lipinski definition) is 4. The van der Waals surface area contributed by atoms with Gasteiger partial charge in [0.2, 0.25) is 0 Å². The zero-order chi connectivity index (χ0) is 16.7. The molecule has 0 spiro atoms. The molecule has 126 valence electrons. The van der Waals surface area contributed by atoms with Crippen LogP contribution in [0.2, 0.25) is 0 Å². The van der Waals surface area contributed by atoms with E-state index in [4.69, 9.17) is 9.47 Å². The van der Waals surface area contributed by atoms with Crippen LogP contribution in [0.4, 0.5) is 4.79 Å². The minimum absolute atomic E-state index is 0.361. The molecule has 1 saturated carbocycles. The lowest BCUT2D eigenvalue weighted by molar-refractivity contribution is 0.0978. The molecule has 1 N–H and O–H groups in total. The molecule has 0 heterocycles. The van der Waals surface area contributed by atoms with E-state index in [-0.39, 0.29) is 0 Å². The van der Waals surface area contributed by atoms with Gasteiger partial charge in [0.15, 0.2) is 0 Å². The molecule has 2 unspecified atom stereocenters. The maximum atomic E-state index is 12.1. The van der Waals surface area contributed by atoms with Gasteiger partial charge in [-0.2, -0.15) is 0 Å². The van der Waals surface area contributed by atoms with Gasteiger partial charge in [0.25, 0.3) is 0 Å². The maximum absolute atomic E-state index is 12.1. The Bertz CT molecular complexity index is 796. The monoisotopic (exact) mass is 326 g/mol. The zero-order valence-electron chi connectivity index (χ0n) is 13.9. The third-order valence-corrected chi connectivity index (χ3v) is 5.37. The summed E-state index contributed by atoms with van der Waals surface area (Å²) < 4.78 is 10.8. The fraction of sp³-hybridized carbons (Fsp3) is 0.450. The molecule has 2 aromatic rings. The van der Waals surface area contributed by atoms with Crippen molar-refractivity contribution in [3.63, 3.8) is 0 Å². The quantitative estimate of drug-likeness (QED) is 0.475. The molecule has 2 aliphatic rings. The Hall–Kier alpha value is -2.23. The first kappa shape index (κ1) is 15.3. The van der Waals surface area contributed by atoms with Gasteiger partial charge in [-0.05, 0) is 37.5 Å². The van der Waals surface area contributed by atoms with Crippen LogP contribution in [0.3, 0.4) is 0 Å². The van der Waals surface area contributed by atoms with Crippen molar-refractivity contribution < 1.29 is 19.4 Å². The first-order valence-corrected chi connectivity index (χ1v) is 8.82. The molecule has 24 heavy (non-hydrogen) atoms. The summed E-state index contributed by atoms with van der Waals surface area (Å²) in [7, 11) is 0. The first-order valence-electron chi connectivity index (χ1n) is 8.82. The number of hydrogen-bond donors (Lipinski definition) is 1. The summed E-state index contributed by atoms with van der Waals surface area (Å²) in [5, 5.41) is 12.3. The van der Waals surface area contributed by atoms with Crippen molar-refractivity contribution in [2.24, 2.45) is 0 Å². The molecular weight excluding hydrogens is 304 g/mol. The summed E-state index contributed by atoms with van der Waals surface area (Å²) in [6.07, 6.45) is 4.38. The van der Waals surface area contributed by atoms with Crippen LogP contribution in [-0.2, 0) is 4.74 Å². The standard InChI is InChI=1S/C20H22O4/c1-2-3-10-23-20(22)24-19-15-7-5-4-6-14(15)18(21)16-12-8-9-13(11-12)17(16)19/h4-7,12-13,21H,2-3,8-11H2,1H3. The molecule has 2 aliphatic carbocycles. The molecule has 2 atom stereocenters. The summed E-state index contributed by atoms with van der Waals surface area (Å²) >= 11 is 0. The second-order valence-electron chi connectivity index (χ2n) is 6.81. The van der Waals surface area contributed by atoms with Crippen molar-refractivity contribution in [2.45, 2.75) is 50.9 Å². The van der Waals surface area contributed by atoms with E-state index >= 15 is 0 Å². The molecule has 4 heteroatoms. The van der Waals surface area contributed by atoms with Crippen LogP contribution in [0.5, 0.6) is 11.5 Å². The van der Waals surface area contributed by atoms with Gasteiger partial charge >= 0.3 is 6.16 Å². The van der Waals surface area contributed by atoms with Gasteiger partial charge in [-0.1, -0.05) is 37.6 Å². The molecule has 4 nitrogen and oxygen atoms in total. The third kappa shape index (κ3) is 2.32. The van der Waals surface area contributed by atoms with Crippen LogP contribution < -0.4 is 4.74 Å². The zero-order valence-corrected chi connectivity index (χ0v) is 13.9. The summed E-state index contributed by atoms with van der Waals surface area (Å²) in [5.74, 6) is 1.71. The van der Waals surface area contributed by atoms with Crippen molar-refractivity contribution in [3.05, 3.63) is 35.4 Å². The van der Waals surface area contributed by atoms with Crippen molar-refractivity contribution in [2.75, 3.05) is 6.61 Å². The smallest absolute Gasteiger partial charge is 0.507 e. The average molecular weight is 326 g/mol. The van der Waals surface area contributed by atoms with E-state index in [0.29, 0.717) is 29.9 Å². The lowest BCUT2D eigenvalue weighted by atomic mass is 9.87. The van der Waals surface area contributed by atoms with Crippen molar-refractivity contribution >= 4 is 16.9 Å². The number of benzene rings is 2. The molecule has 0 aromatic heterocycles. The average Bonchev–Trinajstić information content (AvgIpc) is 3.20. The predicted molar refractivity (Wildman–Crippen MR) is 91.8 cm³/mol. The lowest BCUT2D eigenvalue weighted by Gasteiger charge is -2.22. The molecule has 0 saturated heterocycles. The van der Waals surface area contributed by atoms with Gasteiger partial charge in [0, 0.05) is 21.9 Å². The van der Waals surface area contributed by atoms with Crippen LogP contribution in [-0.4, -0.2) is 17.9 Å². The van der Waals surface area contributed by atoms with Gasteiger partial charge < -0.3 is 14.6 Å². The number of ether oxygens (including phenoxy) is 2. The normalized spacial score (nSPS) is 21.0. The first-order chi connectivity index (χ1) is 11.7. The highest BCUT2D eigenvalue weighted by atomic mass is 16.7. The summed E-state index contributed by atoms with van der Waals surface area (Å²) in [6, 6.07) is 7.57. The second-order valence-corrected chi connectivity index (χ2v) is 6.81. The topological polar surface area (TPSA) is 55.8 Å². The van der Waals surface area contributed by atoms with Gasteiger partial charge in [-0.25, -0.2) is 4.79 Å². The van der Waals surface area contributed by atoms with Crippen molar-refractivity contribution in [3.8, 4) is 11.5 Å². The number of phenolic OH excluding ortho intramolecular Hbond substituents is 1. The minimum atomic E-state index is -0.649. The number of rotatable bonds is 4. The van der Waals surface area contributed by atoms with E-state index in [2.05, 4.69) is 0 Å². The summed E-state index contributed by atoms with van der Waals surface area (Å²) in [4.78, 5) is 12.1. The van der Waals surface area contributed by atoms with Crippen molar-refractivity contribution in [1.29, 1.82) is 0 Å². The van der Waals surface area contributed by atoms with Crippen LogP contribution in [0.25, 0.3) is 10.8 Å².